The zero-order chi connectivity index (χ0) is 16.8. The first-order valence-electron chi connectivity index (χ1n) is 6.97. The van der Waals surface area contributed by atoms with E-state index in [1.165, 1.54) is 11.9 Å². The lowest BCUT2D eigenvalue weighted by Crippen LogP contribution is -2.32. The van der Waals surface area contributed by atoms with Gasteiger partial charge in [0.15, 0.2) is 0 Å². The first-order chi connectivity index (χ1) is 11.1. The Balaban J connectivity index is 2.17. The highest BCUT2D eigenvalue weighted by Crippen LogP contribution is 2.22. The summed E-state index contributed by atoms with van der Waals surface area (Å²) in [4.78, 5) is 25.4. The van der Waals surface area contributed by atoms with Gasteiger partial charge in [0, 0.05) is 14.1 Å². The van der Waals surface area contributed by atoms with Crippen LogP contribution in [0.2, 0.25) is 0 Å². The number of rotatable bonds is 4. The van der Waals surface area contributed by atoms with Crippen molar-refractivity contribution in [1.29, 1.82) is 0 Å². The van der Waals surface area contributed by atoms with E-state index in [2.05, 4.69) is 5.32 Å². The van der Waals surface area contributed by atoms with E-state index in [1.807, 2.05) is 0 Å². The minimum Gasteiger partial charge on any atom is -0.497 e. The smallest absolute Gasteiger partial charge is 0.419 e. The number of hydrogen-bond acceptors (Lipinski definition) is 4. The van der Waals surface area contributed by atoms with Gasteiger partial charge in [-0.15, -0.1) is 0 Å². The highest BCUT2D eigenvalue weighted by molar-refractivity contribution is 6.03. The van der Waals surface area contributed by atoms with Crippen LogP contribution in [0.15, 0.2) is 48.5 Å². The molecule has 2 aromatic carbocycles. The molecule has 0 saturated carbocycles. The van der Waals surface area contributed by atoms with E-state index < -0.39 is 6.09 Å². The molecule has 6 heteroatoms. The number of hydrogen-bond donors (Lipinski definition) is 1. The first-order valence-corrected chi connectivity index (χ1v) is 6.97. The monoisotopic (exact) mass is 314 g/mol. The summed E-state index contributed by atoms with van der Waals surface area (Å²) in [6.07, 6.45) is -0.591. The van der Waals surface area contributed by atoms with Crippen molar-refractivity contribution in [3.8, 4) is 11.5 Å². The van der Waals surface area contributed by atoms with Gasteiger partial charge in [-0.1, -0.05) is 12.1 Å². The number of methoxy groups -OCH3 is 1. The zero-order valence-electron chi connectivity index (χ0n) is 13.2. The second kappa shape index (κ2) is 7.31. The quantitative estimate of drug-likeness (QED) is 0.942. The molecule has 0 unspecified atom stereocenters. The second-order valence-corrected chi connectivity index (χ2v) is 4.70. The van der Waals surface area contributed by atoms with Crippen molar-refractivity contribution in [1.82, 2.24) is 5.32 Å². The number of ether oxygens (including phenoxy) is 2. The van der Waals surface area contributed by atoms with Gasteiger partial charge < -0.3 is 14.8 Å². The number of nitrogens with zero attached hydrogens (tertiary/aromatic N) is 1. The van der Waals surface area contributed by atoms with E-state index in [4.69, 9.17) is 9.47 Å². The molecule has 0 bridgehead atoms. The summed E-state index contributed by atoms with van der Waals surface area (Å²) in [7, 11) is 4.65. The highest BCUT2D eigenvalue weighted by Gasteiger charge is 2.19. The molecule has 0 aliphatic rings. The molecule has 0 spiro atoms. The van der Waals surface area contributed by atoms with E-state index in [-0.39, 0.29) is 5.91 Å². The molecule has 0 aliphatic heterocycles. The molecule has 2 amide bonds. The maximum Gasteiger partial charge on any atom is 0.419 e. The van der Waals surface area contributed by atoms with Crippen molar-refractivity contribution in [3.05, 3.63) is 54.1 Å². The maximum atomic E-state index is 12.3. The molecule has 2 rings (SSSR count). The van der Waals surface area contributed by atoms with Crippen molar-refractivity contribution in [2.45, 2.75) is 0 Å². The van der Waals surface area contributed by atoms with Crippen LogP contribution in [0.5, 0.6) is 11.5 Å². The summed E-state index contributed by atoms with van der Waals surface area (Å²) in [5.74, 6) is 0.785. The topological polar surface area (TPSA) is 67.9 Å². The molecule has 0 aliphatic carbocycles. The molecular weight excluding hydrogens is 296 g/mol. The van der Waals surface area contributed by atoms with Crippen LogP contribution in [0, 0.1) is 0 Å². The third kappa shape index (κ3) is 3.79. The lowest BCUT2D eigenvalue weighted by molar-refractivity contribution is 0.0963. The van der Waals surface area contributed by atoms with Gasteiger partial charge in [-0.25, -0.2) is 4.79 Å². The van der Waals surface area contributed by atoms with Crippen molar-refractivity contribution >= 4 is 17.7 Å². The molecule has 120 valence electrons. The van der Waals surface area contributed by atoms with Gasteiger partial charge in [-0.2, -0.15) is 0 Å². The van der Waals surface area contributed by atoms with Crippen LogP contribution in [0.4, 0.5) is 10.5 Å². The Morgan fingerprint density at radius 3 is 2.22 bits per heavy atom. The fourth-order valence-corrected chi connectivity index (χ4v) is 2.00. The maximum absolute atomic E-state index is 12.3. The number of nitrogens with one attached hydrogen (secondary N) is 1. The molecule has 0 atom stereocenters. The number of benzene rings is 2. The lowest BCUT2D eigenvalue weighted by atomic mass is 10.1. The Hall–Kier alpha value is -3.02. The summed E-state index contributed by atoms with van der Waals surface area (Å²) in [5.41, 5.74) is 0.856. The third-order valence-electron chi connectivity index (χ3n) is 3.28. The van der Waals surface area contributed by atoms with Crippen LogP contribution in [-0.4, -0.2) is 33.2 Å². The van der Waals surface area contributed by atoms with E-state index in [9.17, 15) is 9.59 Å². The van der Waals surface area contributed by atoms with Crippen molar-refractivity contribution < 1.29 is 19.1 Å². The Morgan fingerprint density at radius 2 is 1.61 bits per heavy atom. The number of carbonyl (C=O) groups excluding carboxylic acids is 2. The molecule has 6 nitrogen and oxygen atoms in total. The predicted octanol–water partition coefficient (Wildman–Crippen LogP) is 2.69. The average Bonchev–Trinajstić information content (AvgIpc) is 2.61. The SMILES string of the molecule is CNC(=O)c1ccccc1N(C)C(=O)Oc1ccc(OC)cc1. The van der Waals surface area contributed by atoms with Gasteiger partial charge >= 0.3 is 6.09 Å². The summed E-state index contributed by atoms with van der Waals surface area (Å²) in [5, 5.41) is 2.55. The van der Waals surface area contributed by atoms with Gasteiger partial charge in [0.2, 0.25) is 0 Å². The number of anilines is 1. The highest BCUT2D eigenvalue weighted by atomic mass is 16.6. The Kier molecular flexibility index (Phi) is 5.19. The number of para-hydroxylation sites is 1. The largest absolute Gasteiger partial charge is 0.497 e. The average molecular weight is 314 g/mol. The van der Waals surface area contributed by atoms with Crippen LogP contribution in [0.25, 0.3) is 0 Å². The molecule has 0 fully saturated rings. The normalized spacial score (nSPS) is 9.87. The molecule has 0 saturated heterocycles. The van der Waals surface area contributed by atoms with Crippen molar-refractivity contribution in [2.24, 2.45) is 0 Å². The molecule has 1 N–H and O–H groups in total. The molecule has 0 heterocycles. The van der Waals surface area contributed by atoms with Crippen LogP contribution in [-0.2, 0) is 0 Å². The standard InChI is InChI=1S/C17H18N2O4/c1-18-16(20)14-6-4-5-7-15(14)19(2)17(21)23-13-10-8-12(22-3)9-11-13/h4-11H,1-3H3,(H,18,20). The van der Waals surface area contributed by atoms with E-state index in [0.717, 1.165) is 0 Å². The molecule has 2 aromatic rings. The van der Waals surface area contributed by atoms with Gasteiger partial charge in [-0.05, 0) is 36.4 Å². The van der Waals surface area contributed by atoms with Crippen LogP contribution in [0.1, 0.15) is 10.4 Å². The summed E-state index contributed by atoms with van der Waals surface area (Å²) in [6.45, 7) is 0. The van der Waals surface area contributed by atoms with Gasteiger partial charge in [0.25, 0.3) is 5.91 Å². The first kappa shape index (κ1) is 16.4. The van der Waals surface area contributed by atoms with Gasteiger partial charge in [-0.3, -0.25) is 9.69 Å². The Bertz CT molecular complexity index is 698. The fraction of sp³-hybridized carbons (Fsp3) is 0.176. The zero-order valence-corrected chi connectivity index (χ0v) is 13.2. The number of carbonyl (C=O) groups is 2. The minimum absolute atomic E-state index is 0.273. The van der Waals surface area contributed by atoms with Crippen molar-refractivity contribution in [3.63, 3.8) is 0 Å². The summed E-state index contributed by atoms with van der Waals surface area (Å²) >= 11 is 0. The summed E-state index contributed by atoms with van der Waals surface area (Å²) < 4.78 is 10.3. The fourth-order valence-electron chi connectivity index (χ4n) is 2.00. The van der Waals surface area contributed by atoms with E-state index in [0.29, 0.717) is 22.7 Å². The van der Waals surface area contributed by atoms with E-state index in [1.54, 1.807) is 62.7 Å². The van der Waals surface area contributed by atoms with Crippen LogP contribution >= 0.6 is 0 Å². The Labute approximate surface area is 134 Å². The predicted molar refractivity (Wildman–Crippen MR) is 87.3 cm³/mol. The van der Waals surface area contributed by atoms with Crippen LogP contribution < -0.4 is 19.7 Å². The second-order valence-electron chi connectivity index (χ2n) is 4.70. The third-order valence-corrected chi connectivity index (χ3v) is 3.28. The molecule has 23 heavy (non-hydrogen) atoms. The van der Waals surface area contributed by atoms with E-state index >= 15 is 0 Å². The number of amides is 2. The lowest BCUT2D eigenvalue weighted by Gasteiger charge is -2.19. The molecule has 0 aromatic heterocycles. The van der Waals surface area contributed by atoms with Crippen LogP contribution in [0.3, 0.4) is 0 Å². The molecular formula is C17H18N2O4. The van der Waals surface area contributed by atoms with Crippen molar-refractivity contribution in [2.75, 3.05) is 26.1 Å². The minimum atomic E-state index is -0.591. The van der Waals surface area contributed by atoms with Gasteiger partial charge in [0.1, 0.15) is 11.5 Å². The Morgan fingerprint density at radius 1 is 1.00 bits per heavy atom. The van der Waals surface area contributed by atoms with Gasteiger partial charge in [0.05, 0.1) is 18.4 Å². The molecule has 0 radical (unpaired) electrons. The summed E-state index contributed by atoms with van der Waals surface area (Å²) in [6, 6.07) is 13.5.